The van der Waals surface area contributed by atoms with Crippen molar-refractivity contribution in [2.24, 2.45) is 0 Å². The van der Waals surface area contributed by atoms with Gasteiger partial charge in [0.15, 0.2) is 0 Å². The average molecular weight is 390 g/mol. The Hall–Kier alpha value is -3.34. The number of fused-ring (bicyclic) bond motifs is 1. The summed E-state index contributed by atoms with van der Waals surface area (Å²) in [6.45, 7) is 6.11. The van der Waals surface area contributed by atoms with Crippen LogP contribution in [0.15, 0.2) is 67.4 Å². The van der Waals surface area contributed by atoms with Crippen LogP contribution >= 0.6 is 0 Å². The van der Waals surface area contributed by atoms with E-state index in [2.05, 4.69) is 6.58 Å². The maximum atomic E-state index is 12.9. The number of ether oxygens (including phenoxy) is 1. The average Bonchev–Trinajstić information content (AvgIpc) is 2.73. The summed E-state index contributed by atoms with van der Waals surface area (Å²) in [6.07, 6.45) is 5.61. The smallest absolute Gasteiger partial charge is 0.225 e. The van der Waals surface area contributed by atoms with Crippen molar-refractivity contribution < 1.29 is 14.3 Å². The number of carbonyl (C=O) groups is 2. The minimum atomic E-state index is -0.293. The van der Waals surface area contributed by atoms with Gasteiger partial charge in [0.1, 0.15) is 12.4 Å². The Labute approximate surface area is 171 Å². The second-order valence-electron chi connectivity index (χ2n) is 7.08. The number of nitrogens with zero attached hydrogens (tertiary/aromatic N) is 2. The minimum absolute atomic E-state index is 0.0154. The molecule has 0 spiro atoms. The van der Waals surface area contributed by atoms with Crippen LogP contribution in [0.2, 0.25) is 0 Å². The lowest BCUT2D eigenvalue weighted by molar-refractivity contribution is -0.134. The third-order valence-electron chi connectivity index (χ3n) is 4.97. The molecule has 0 unspecified atom stereocenters. The van der Waals surface area contributed by atoms with E-state index in [4.69, 9.17) is 4.74 Å². The van der Waals surface area contributed by atoms with Gasteiger partial charge in [-0.25, -0.2) is 0 Å². The summed E-state index contributed by atoms with van der Waals surface area (Å²) < 4.78 is 5.49. The molecule has 2 amide bonds. The number of amides is 2. The first-order valence-electron chi connectivity index (χ1n) is 9.62. The van der Waals surface area contributed by atoms with E-state index in [1.165, 1.54) is 6.92 Å². The van der Waals surface area contributed by atoms with Gasteiger partial charge >= 0.3 is 0 Å². The molecule has 2 aromatic rings. The lowest BCUT2D eigenvalue weighted by Gasteiger charge is -2.33. The summed E-state index contributed by atoms with van der Waals surface area (Å²) in [4.78, 5) is 28.4. The SMILES string of the molecule is C=CCOc1ccc(CN(C)C(=O)C[C@@H]2c3ccccc3C=CN2C(C)=O)cc1. The predicted molar refractivity (Wildman–Crippen MR) is 114 cm³/mol. The number of benzene rings is 2. The van der Waals surface area contributed by atoms with Gasteiger partial charge in [-0.15, -0.1) is 0 Å². The van der Waals surface area contributed by atoms with Crippen LogP contribution in [-0.2, 0) is 16.1 Å². The zero-order valence-electron chi connectivity index (χ0n) is 16.9. The lowest BCUT2D eigenvalue weighted by atomic mass is 9.93. The van der Waals surface area contributed by atoms with Gasteiger partial charge < -0.3 is 14.5 Å². The fourth-order valence-electron chi connectivity index (χ4n) is 3.44. The Bertz CT molecular complexity index is 918. The third kappa shape index (κ3) is 4.93. The monoisotopic (exact) mass is 390 g/mol. The standard InChI is InChI=1S/C24H26N2O3/c1-4-15-29-21-11-9-19(10-12-21)17-25(3)24(28)16-23-22-8-6-5-7-20(22)13-14-26(23)18(2)27/h4-14,23H,1,15-17H2,2-3H3/t23-/m1/s1. The molecule has 0 fully saturated rings. The van der Waals surface area contributed by atoms with E-state index in [9.17, 15) is 9.59 Å². The van der Waals surface area contributed by atoms with E-state index < -0.39 is 0 Å². The van der Waals surface area contributed by atoms with E-state index in [0.717, 1.165) is 22.4 Å². The first-order chi connectivity index (χ1) is 14.0. The molecule has 1 atom stereocenters. The van der Waals surface area contributed by atoms with Gasteiger partial charge in [0.25, 0.3) is 0 Å². The van der Waals surface area contributed by atoms with Crippen LogP contribution in [-0.4, -0.2) is 35.3 Å². The summed E-state index contributed by atoms with van der Waals surface area (Å²) in [6, 6.07) is 15.3. The van der Waals surface area contributed by atoms with Crippen molar-refractivity contribution in [3.63, 3.8) is 0 Å². The fourth-order valence-corrected chi connectivity index (χ4v) is 3.44. The highest BCUT2D eigenvalue weighted by molar-refractivity contribution is 5.81. The Balaban J connectivity index is 1.68. The Morgan fingerprint density at radius 3 is 2.59 bits per heavy atom. The molecule has 3 rings (SSSR count). The van der Waals surface area contributed by atoms with Gasteiger partial charge in [-0.2, -0.15) is 0 Å². The molecule has 0 aromatic heterocycles. The highest BCUT2D eigenvalue weighted by Crippen LogP contribution is 2.33. The number of hydrogen-bond donors (Lipinski definition) is 0. The Morgan fingerprint density at radius 2 is 1.90 bits per heavy atom. The van der Waals surface area contributed by atoms with E-state index in [1.807, 2.05) is 54.6 Å². The Kier molecular flexibility index (Phi) is 6.50. The number of carbonyl (C=O) groups excluding carboxylic acids is 2. The van der Waals surface area contributed by atoms with Crippen LogP contribution in [0.5, 0.6) is 5.75 Å². The molecule has 1 heterocycles. The van der Waals surface area contributed by atoms with Crippen molar-refractivity contribution in [3.8, 4) is 5.75 Å². The molecule has 0 radical (unpaired) electrons. The van der Waals surface area contributed by atoms with Crippen molar-refractivity contribution in [2.75, 3.05) is 13.7 Å². The Morgan fingerprint density at radius 1 is 1.17 bits per heavy atom. The van der Waals surface area contributed by atoms with Crippen molar-refractivity contribution >= 4 is 17.9 Å². The van der Waals surface area contributed by atoms with Crippen molar-refractivity contribution in [3.05, 3.63) is 84.1 Å². The van der Waals surface area contributed by atoms with Crippen LogP contribution in [0.25, 0.3) is 6.08 Å². The predicted octanol–water partition coefficient (Wildman–Crippen LogP) is 4.17. The van der Waals surface area contributed by atoms with Crippen LogP contribution < -0.4 is 4.74 Å². The largest absolute Gasteiger partial charge is 0.490 e. The molecular weight excluding hydrogens is 364 g/mol. The molecule has 0 saturated heterocycles. The minimum Gasteiger partial charge on any atom is -0.490 e. The molecule has 29 heavy (non-hydrogen) atoms. The van der Waals surface area contributed by atoms with E-state index in [0.29, 0.717) is 13.2 Å². The molecule has 150 valence electrons. The molecule has 0 bridgehead atoms. The maximum absolute atomic E-state index is 12.9. The highest BCUT2D eigenvalue weighted by atomic mass is 16.5. The second-order valence-corrected chi connectivity index (χ2v) is 7.08. The van der Waals surface area contributed by atoms with Gasteiger partial charge in [0.05, 0.1) is 12.5 Å². The van der Waals surface area contributed by atoms with Gasteiger partial charge in [0.2, 0.25) is 11.8 Å². The van der Waals surface area contributed by atoms with E-state index >= 15 is 0 Å². The first kappa shape index (κ1) is 20.4. The van der Waals surface area contributed by atoms with Crippen molar-refractivity contribution in [2.45, 2.75) is 25.9 Å². The van der Waals surface area contributed by atoms with Crippen molar-refractivity contribution in [1.82, 2.24) is 9.80 Å². The normalized spacial score (nSPS) is 14.8. The van der Waals surface area contributed by atoms with Gasteiger partial charge in [-0.3, -0.25) is 9.59 Å². The molecule has 0 N–H and O–H groups in total. The zero-order chi connectivity index (χ0) is 20.8. The highest BCUT2D eigenvalue weighted by Gasteiger charge is 2.29. The zero-order valence-corrected chi connectivity index (χ0v) is 16.9. The van der Waals surface area contributed by atoms with E-state index in [-0.39, 0.29) is 24.3 Å². The summed E-state index contributed by atoms with van der Waals surface area (Å²) in [5, 5.41) is 0. The maximum Gasteiger partial charge on any atom is 0.225 e. The van der Waals surface area contributed by atoms with E-state index in [1.54, 1.807) is 29.1 Å². The van der Waals surface area contributed by atoms with Gasteiger partial charge in [-0.1, -0.05) is 49.1 Å². The second kappa shape index (κ2) is 9.24. The van der Waals surface area contributed by atoms with Crippen LogP contribution in [0, 0.1) is 0 Å². The molecule has 0 saturated carbocycles. The fraction of sp³-hybridized carbons (Fsp3) is 0.250. The van der Waals surface area contributed by atoms with Crippen LogP contribution in [0.4, 0.5) is 0 Å². The quantitative estimate of drug-likeness (QED) is 0.667. The van der Waals surface area contributed by atoms with Crippen LogP contribution in [0.3, 0.4) is 0 Å². The molecule has 2 aromatic carbocycles. The van der Waals surface area contributed by atoms with Crippen LogP contribution in [0.1, 0.15) is 36.1 Å². The molecule has 1 aliphatic heterocycles. The lowest BCUT2D eigenvalue weighted by Crippen LogP contribution is -2.35. The molecule has 1 aliphatic rings. The summed E-state index contributed by atoms with van der Waals surface area (Å²) in [7, 11) is 1.78. The molecular formula is C24H26N2O3. The molecule has 5 nitrogen and oxygen atoms in total. The number of hydrogen-bond acceptors (Lipinski definition) is 3. The summed E-state index contributed by atoms with van der Waals surface area (Å²) in [5.41, 5.74) is 3.05. The first-order valence-corrected chi connectivity index (χ1v) is 9.62. The van der Waals surface area contributed by atoms with Gasteiger partial charge in [0, 0.05) is 26.7 Å². The molecule has 0 aliphatic carbocycles. The number of rotatable bonds is 7. The van der Waals surface area contributed by atoms with Gasteiger partial charge in [-0.05, 0) is 34.9 Å². The van der Waals surface area contributed by atoms with Crippen molar-refractivity contribution in [1.29, 1.82) is 0 Å². The molecule has 5 heteroatoms. The third-order valence-corrected chi connectivity index (χ3v) is 4.97. The summed E-state index contributed by atoms with van der Waals surface area (Å²) >= 11 is 0. The topological polar surface area (TPSA) is 49.9 Å². The summed E-state index contributed by atoms with van der Waals surface area (Å²) in [5.74, 6) is 0.676.